The second-order valence-electron chi connectivity index (χ2n) is 4.37. The highest BCUT2D eigenvalue weighted by atomic mass is 32.1. The van der Waals surface area contributed by atoms with Crippen molar-refractivity contribution in [1.82, 2.24) is 9.69 Å². The third kappa shape index (κ3) is 3.48. The van der Waals surface area contributed by atoms with E-state index >= 15 is 0 Å². The third-order valence-corrected chi connectivity index (χ3v) is 3.76. The maximum absolute atomic E-state index is 11.7. The number of nitrogens with one attached hydrogen (secondary N) is 2. The van der Waals surface area contributed by atoms with E-state index in [9.17, 15) is 4.79 Å². The molecule has 1 aromatic heterocycles. The number of aromatic nitrogens is 1. The van der Waals surface area contributed by atoms with Gasteiger partial charge in [-0.15, -0.1) is 0 Å². The largest absolute Gasteiger partial charge is 0.382 e. The summed E-state index contributed by atoms with van der Waals surface area (Å²) in [5.41, 5.74) is 7.46. The molecule has 6 heteroatoms. The summed E-state index contributed by atoms with van der Waals surface area (Å²) in [5.74, 6) is 0.0710. The van der Waals surface area contributed by atoms with Crippen molar-refractivity contribution in [2.24, 2.45) is 0 Å². The number of benzene rings is 1. The third-order valence-electron chi connectivity index (χ3n) is 2.94. The number of nitrogen functional groups attached to an aromatic ring is 1. The van der Waals surface area contributed by atoms with Crippen LogP contribution in [0, 0.1) is 0 Å². The number of carbonyl (C=O) groups is 1. The van der Waals surface area contributed by atoms with Gasteiger partial charge in [0.2, 0.25) is 0 Å². The van der Waals surface area contributed by atoms with Crippen LogP contribution in [0.5, 0.6) is 0 Å². The van der Waals surface area contributed by atoms with E-state index in [1.165, 1.54) is 17.1 Å². The average Bonchev–Trinajstić information content (AvgIpc) is 2.85. The molecule has 0 aliphatic heterocycles. The maximum atomic E-state index is 11.7. The number of nitrogens with zero attached hydrogens (tertiary/aromatic N) is 1. The van der Waals surface area contributed by atoms with E-state index in [1.54, 1.807) is 7.05 Å². The molecule has 0 radical (unpaired) electrons. The molecule has 0 spiro atoms. The van der Waals surface area contributed by atoms with Gasteiger partial charge >= 0.3 is 0 Å². The fourth-order valence-corrected chi connectivity index (χ4v) is 2.64. The van der Waals surface area contributed by atoms with Crippen LogP contribution in [0.4, 0.5) is 10.8 Å². The summed E-state index contributed by atoms with van der Waals surface area (Å²) in [5, 5.41) is 6.54. The van der Waals surface area contributed by atoms with Crippen LogP contribution < -0.4 is 16.4 Å². The molecule has 0 aliphatic rings. The molecule has 1 amide bonds. The minimum absolute atomic E-state index is 0.207. The van der Waals surface area contributed by atoms with Crippen molar-refractivity contribution in [2.75, 3.05) is 24.6 Å². The van der Waals surface area contributed by atoms with Gasteiger partial charge in [-0.1, -0.05) is 30.3 Å². The van der Waals surface area contributed by atoms with Crippen molar-refractivity contribution in [1.29, 1.82) is 0 Å². The molecular formula is C14H18N4OS. The number of amides is 1. The standard InChI is InChI=1S/C14H18N4OS/c1-16-13(19)11-12(15)18-20-14(11)17-9-5-8-10-6-3-2-4-7-10/h2-4,6-7,17H,5,8-9H2,1H3,(H2,15,18)(H,16,19). The van der Waals surface area contributed by atoms with E-state index in [2.05, 4.69) is 27.1 Å². The Kier molecular flexibility index (Phi) is 4.95. The topological polar surface area (TPSA) is 80.0 Å². The van der Waals surface area contributed by atoms with Gasteiger partial charge in [-0.25, -0.2) is 0 Å². The summed E-state index contributed by atoms with van der Waals surface area (Å²) in [7, 11) is 1.58. The van der Waals surface area contributed by atoms with Gasteiger partial charge in [0, 0.05) is 13.6 Å². The van der Waals surface area contributed by atoms with Gasteiger partial charge in [0.05, 0.1) is 0 Å². The van der Waals surface area contributed by atoms with Gasteiger partial charge in [0.25, 0.3) is 5.91 Å². The molecule has 20 heavy (non-hydrogen) atoms. The molecule has 0 fully saturated rings. The molecule has 0 saturated carbocycles. The summed E-state index contributed by atoms with van der Waals surface area (Å²) < 4.78 is 4.02. The number of nitrogens with two attached hydrogens (primary N) is 1. The van der Waals surface area contributed by atoms with Crippen LogP contribution in [0.3, 0.4) is 0 Å². The van der Waals surface area contributed by atoms with E-state index in [0.29, 0.717) is 5.56 Å². The van der Waals surface area contributed by atoms with Gasteiger partial charge in [0.1, 0.15) is 10.6 Å². The van der Waals surface area contributed by atoms with Crippen molar-refractivity contribution < 1.29 is 4.79 Å². The molecule has 0 saturated heterocycles. The lowest BCUT2D eigenvalue weighted by atomic mass is 10.1. The summed E-state index contributed by atoms with van der Waals surface area (Å²) in [4.78, 5) is 11.7. The monoisotopic (exact) mass is 290 g/mol. The zero-order valence-electron chi connectivity index (χ0n) is 11.3. The zero-order chi connectivity index (χ0) is 14.4. The van der Waals surface area contributed by atoms with Crippen molar-refractivity contribution in [2.45, 2.75) is 12.8 Å². The number of hydrogen-bond donors (Lipinski definition) is 3. The molecule has 5 nitrogen and oxygen atoms in total. The Balaban J connectivity index is 1.87. The summed E-state index contributed by atoms with van der Waals surface area (Å²) in [6.45, 7) is 0.778. The molecule has 2 aromatic rings. The summed E-state index contributed by atoms with van der Waals surface area (Å²) in [6.07, 6.45) is 1.98. The summed E-state index contributed by atoms with van der Waals surface area (Å²) in [6, 6.07) is 10.3. The van der Waals surface area contributed by atoms with E-state index in [4.69, 9.17) is 5.73 Å². The van der Waals surface area contributed by atoms with Gasteiger partial charge in [-0.2, -0.15) is 4.37 Å². The lowest BCUT2D eigenvalue weighted by Gasteiger charge is -2.06. The Morgan fingerprint density at radius 3 is 2.80 bits per heavy atom. The number of carbonyl (C=O) groups excluding carboxylic acids is 1. The normalized spacial score (nSPS) is 10.2. The van der Waals surface area contributed by atoms with E-state index in [1.807, 2.05) is 18.2 Å². The molecule has 0 bridgehead atoms. The van der Waals surface area contributed by atoms with Crippen LogP contribution in [0.2, 0.25) is 0 Å². The van der Waals surface area contributed by atoms with Crippen molar-refractivity contribution >= 4 is 28.3 Å². The number of hydrogen-bond acceptors (Lipinski definition) is 5. The Bertz CT molecular complexity index is 568. The van der Waals surface area contributed by atoms with Gasteiger partial charge in [-0.05, 0) is 29.9 Å². The van der Waals surface area contributed by atoms with Crippen LogP contribution in [0.1, 0.15) is 22.3 Å². The molecule has 106 valence electrons. The van der Waals surface area contributed by atoms with Crippen LogP contribution in [0.15, 0.2) is 30.3 Å². The molecule has 1 heterocycles. The molecule has 1 aromatic carbocycles. The molecular weight excluding hydrogens is 272 g/mol. The lowest BCUT2D eigenvalue weighted by Crippen LogP contribution is -2.20. The van der Waals surface area contributed by atoms with Crippen LogP contribution >= 0.6 is 11.5 Å². The van der Waals surface area contributed by atoms with Gasteiger partial charge < -0.3 is 16.4 Å². The minimum Gasteiger partial charge on any atom is -0.382 e. The first kappa shape index (κ1) is 14.3. The Morgan fingerprint density at radius 2 is 2.10 bits per heavy atom. The minimum atomic E-state index is -0.207. The van der Waals surface area contributed by atoms with E-state index < -0.39 is 0 Å². The van der Waals surface area contributed by atoms with Gasteiger partial charge in [0.15, 0.2) is 5.82 Å². The van der Waals surface area contributed by atoms with Crippen molar-refractivity contribution in [3.05, 3.63) is 41.5 Å². The van der Waals surface area contributed by atoms with Crippen LogP contribution in [0.25, 0.3) is 0 Å². The highest BCUT2D eigenvalue weighted by Crippen LogP contribution is 2.26. The second-order valence-corrected chi connectivity index (χ2v) is 5.14. The first-order valence-corrected chi connectivity index (χ1v) is 7.24. The summed E-state index contributed by atoms with van der Waals surface area (Å²) >= 11 is 1.22. The molecule has 0 atom stereocenters. The van der Waals surface area contributed by atoms with Gasteiger partial charge in [-0.3, -0.25) is 4.79 Å². The number of anilines is 2. The Labute approximate surface area is 122 Å². The SMILES string of the molecule is CNC(=O)c1c(N)nsc1NCCCc1ccccc1. The van der Waals surface area contributed by atoms with Crippen LogP contribution in [-0.4, -0.2) is 23.9 Å². The number of rotatable bonds is 6. The van der Waals surface area contributed by atoms with Crippen molar-refractivity contribution in [3.63, 3.8) is 0 Å². The maximum Gasteiger partial charge on any atom is 0.257 e. The van der Waals surface area contributed by atoms with Crippen LogP contribution in [-0.2, 0) is 6.42 Å². The quantitative estimate of drug-likeness (QED) is 0.712. The molecule has 4 N–H and O–H groups in total. The average molecular weight is 290 g/mol. The predicted molar refractivity (Wildman–Crippen MR) is 83.2 cm³/mol. The van der Waals surface area contributed by atoms with E-state index in [0.717, 1.165) is 24.4 Å². The highest BCUT2D eigenvalue weighted by Gasteiger charge is 2.17. The fourth-order valence-electron chi connectivity index (χ4n) is 1.91. The first-order chi connectivity index (χ1) is 9.72. The van der Waals surface area contributed by atoms with E-state index in [-0.39, 0.29) is 11.7 Å². The molecule has 2 rings (SSSR count). The Hall–Kier alpha value is -2.08. The second kappa shape index (κ2) is 6.91. The smallest absolute Gasteiger partial charge is 0.257 e. The predicted octanol–water partition coefficient (Wildman–Crippen LogP) is 2.13. The lowest BCUT2D eigenvalue weighted by molar-refractivity contribution is 0.0965. The first-order valence-electron chi connectivity index (χ1n) is 6.47. The Morgan fingerprint density at radius 1 is 1.35 bits per heavy atom. The number of aryl methyl sites for hydroxylation is 1. The fraction of sp³-hybridized carbons (Fsp3) is 0.286. The molecule has 0 aliphatic carbocycles. The van der Waals surface area contributed by atoms with Crippen molar-refractivity contribution in [3.8, 4) is 0 Å². The zero-order valence-corrected chi connectivity index (χ0v) is 12.2. The highest BCUT2D eigenvalue weighted by molar-refractivity contribution is 7.11. The molecule has 0 unspecified atom stereocenters.